The van der Waals surface area contributed by atoms with Gasteiger partial charge in [-0.25, -0.2) is 0 Å². The van der Waals surface area contributed by atoms with Gasteiger partial charge >= 0.3 is 5.97 Å². The van der Waals surface area contributed by atoms with Crippen LogP contribution in [0.25, 0.3) is 0 Å². The van der Waals surface area contributed by atoms with E-state index in [-0.39, 0.29) is 18.7 Å². The molecule has 0 aromatic heterocycles. The van der Waals surface area contributed by atoms with Crippen molar-refractivity contribution < 1.29 is 39.0 Å². The molecular weight excluding hydrogens is 602 g/mol. The Bertz CT molecular complexity index is 1180. The maximum absolute atomic E-state index is 13.3. The third-order valence-corrected chi connectivity index (χ3v) is 7.27. The van der Waals surface area contributed by atoms with Crippen LogP contribution in [0.5, 0.6) is 0 Å². The minimum Gasteiger partial charge on any atom is -0.480 e. The van der Waals surface area contributed by atoms with Gasteiger partial charge in [0.05, 0.1) is 12.6 Å². The number of rotatable bonds is 19. The number of carboxylic acids is 1. The number of amides is 5. The van der Waals surface area contributed by atoms with Gasteiger partial charge in [0.15, 0.2) is 0 Å². The molecule has 1 fully saturated rings. The third kappa shape index (κ3) is 13.1. The molecule has 0 bridgehead atoms. The van der Waals surface area contributed by atoms with Crippen LogP contribution in [0.2, 0.25) is 0 Å². The van der Waals surface area contributed by atoms with Gasteiger partial charge in [0.2, 0.25) is 29.5 Å². The van der Waals surface area contributed by atoms with Gasteiger partial charge in [-0.1, -0.05) is 30.3 Å². The van der Waals surface area contributed by atoms with E-state index in [0.29, 0.717) is 31.5 Å². The van der Waals surface area contributed by atoms with E-state index in [1.807, 2.05) is 0 Å². The molecule has 6 atom stereocenters. The second-order valence-electron chi connectivity index (χ2n) is 11.1. The molecule has 5 amide bonds. The van der Waals surface area contributed by atoms with Crippen molar-refractivity contribution in [2.75, 3.05) is 19.7 Å². The van der Waals surface area contributed by atoms with Crippen molar-refractivity contribution in [2.45, 2.75) is 88.5 Å². The van der Waals surface area contributed by atoms with E-state index in [4.69, 9.17) is 16.6 Å². The first-order valence-electron chi connectivity index (χ1n) is 15.2. The summed E-state index contributed by atoms with van der Waals surface area (Å²) in [5, 5.41) is 37.4. The quantitative estimate of drug-likeness (QED) is 0.0507. The molecule has 46 heavy (non-hydrogen) atoms. The Balaban J connectivity index is 2.14. The van der Waals surface area contributed by atoms with E-state index >= 15 is 0 Å². The van der Waals surface area contributed by atoms with Crippen LogP contribution in [0.4, 0.5) is 0 Å². The zero-order valence-electron chi connectivity index (χ0n) is 26.1. The number of aliphatic carboxylic acids is 1. The van der Waals surface area contributed by atoms with Crippen molar-refractivity contribution in [3.63, 3.8) is 0 Å². The number of benzene rings is 1. The highest BCUT2D eigenvalue weighted by Crippen LogP contribution is 2.08. The van der Waals surface area contributed by atoms with Crippen LogP contribution in [0.3, 0.4) is 0 Å². The predicted octanol–water partition coefficient (Wildman–Crippen LogP) is -3.91. The van der Waals surface area contributed by atoms with Crippen LogP contribution >= 0.6 is 0 Å². The van der Waals surface area contributed by atoms with Crippen molar-refractivity contribution in [2.24, 2.45) is 11.5 Å². The zero-order valence-corrected chi connectivity index (χ0v) is 26.1. The SMILES string of the molecule is C[C@H](NC(=O)[C@H](C)NC(=O)[C@H](Cc1ccccc1)NC(=O)[C@H](CO)NC(=O)[C@H](CCCNC(N)N)NC(=O)[C@@H]1CCCN1)C(=O)O. The predicted molar refractivity (Wildman–Crippen MR) is 166 cm³/mol. The van der Waals surface area contributed by atoms with Crippen molar-refractivity contribution in [1.29, 1.82) is 0 Å². The van der Waals surface area contributed by atoms with E-state index in [1.54, 1.807) is 30.3 Å². The first-order valence-corrected chi connectivity index (χ1v) is 15.2. The highest BCUT2D eigenvalue weighted by Gasteiger charge is 2.32. The van der Waals surface area contributed by atoms with E-state index in [0.717, 1.165) is 6.42 Å². The molecule has 1 saturated heterocycles. The number of aliphatic hydroxyl groups is 1. The summed E-state index contributed by atoms with van der Waals surface area (Å²) in [7, 11) is 0. The summed E-state index contributed by atoms with van der Waals surface area (Å²) in [4.78, 5) is 76.1. The highest BCUT2D eigenvalue weighted by atomic mass is 16.4. The van der Waals surface area contributed by atoms with Crippen LogP contribution in [-0.4, -0.2) is 108 Å². The lowest BCUT2D eigenvalue weighted by atomic mass is 10.0. The molecule has 256 valence electrons. The molecule has 0 radical (unpaired) electrons. The molecule has 13 N–H and O–H groups in total. The summed E-state index contributed by atoms with van der Waals surface area (Å²) in [5.74, 6) is -4.75. The topological polar surface area (TPSA) is 279 Å². The van der Waals surface area contributed by atoms with Gasteiger partial charge in [0.1, 0.15) is 36.5 Å². The van der Waals surface area contributed by atoms with Crippen LogP contribution in [-0.2, 0) is 35.2 Å². The second-order valence-corrected chi connectivity index (χ2v) is 11.1. The minimum absolute atomic E-state index is 0.00622. The highest BCUT2D eigenvalue weighted by molar-refractivity contribution is 5.96. The van der Waals surface area contributed by atoms with Gasteiger partial charge in [-0.2, -0.15) is 0 Å². The summed E-state index contributed by atoms with van der Waals surface area (Å²) in [5.41, 5.74) is 11.7. The largest absolute Gasteiger partial charge is 0.480 e. The van der Waals surface area contributed by atoms with Crippen LogP contribution in [0.1, 0.15) is 45.1 Å². The average molecular weight is 650 g/mol. The Morgan fingerprint density at radius 3 is 2.04 bits per heavy atom. The molecule has 0 unspecified atom stereocenters. The number of hydrogen-bond acceptors (Lipinski definition) is 11. The average Bonchev–Trinajstić information content (AvgIpc) is 3.56. The van der Waals surface area contributed by atoms with Gasteiger partial charge in [0, 0.05) is 6.42 Å². The van der Waals surface area contributed by atoms with Gasteiger partial charge in [-0.15, -0.1) is 0 Å². The Morgan fingerprint density at radius 1 is 0.848 bits per heavy atom. The monoisotopic (exact) mass is 649 g/mol. The summed E-state index contributed by atoms with van der Waals surface area (Å²) >= 11 is 0. The summed E-state index contributed by atoms with van der Waals surface area (Å²) < 4.78 is 0. The first-order chi connectivity index (χ1) is 21.8. The molecule has 1 aliphatic heterocycles. The van der Waals surface area contributed by atoms with Crippen LogP contribution in [0, 0.1) is 0 Å². The molecule has 0 saturated carbocycles. The number of carbonyl (C=O) groups is 6. The second kappa shape index (κ2) is 19.4. The van der Waals surface area contributed by atoms with Crippen molar-refractivity contribution in [1.82, 2.24) is 37.2 Å². The number of carbonyl (C=O) groups excluding carboxylic acids is 5. The molecule has 2 rings (SSSR count). The number of nitrogens with one attached hydrogen (secondary N) is 7. The van der Waals surface area contributed by atoms with E-state index in [1.165, 1.54) is 13.8 Å². The fourth-order valence-electron chi connectivity index (χ4n) is 4.60. The molecule has 17 heteroatoms. The fraction of sp³-hybridized carbons (Fsp3) is 0.586. The lowest BCUT2D eigenvalue weighted by Crippen LogP contribution is -2.60. The summed E-state index contributed by atoms with van der Waals surface area (Å²) in [6.45, 7) is 2.82. The van der Waals surface area contributed by atoms with Crippen LogP contribution in [0.15, 0.2) is 30.3 Å². The lowest BCUT2D eigenvalue weighted by Gasteiger charge is -2.26. The number of nitrogens with two attached hydrogens (primary N) is 2. The molecule has 0 aliphatic carbocycles. The zero-order chi connectivity index (χ0) is 34.2. The standard InChI is InChI=1S/C29H47N9O8/c1-16(23(40)35-17(2)28(45)46)34-26(43)21(14-18-8-4-3-5-9-18)37-27(44)22(15-39)38-25(42)20(11-7-13-33-29(30)31)36-24(41)19-10-6-12-32-19/h3-5,8-9,16-17,19-22,29,32-33,39H,6-7,10-15,30-31H2,1-2H3,(H,34,43)(H,35,40)(H,36,41)(H,37,44)(H,38,42)(H,45,46)/t16-,17-,19-,20-,21-,22-/m0/s1. The van der Waals surface area contributed by atoms with E-state index < -0.39 is 78.7 Å². The van der Waals surface area contributed by atoms with Crippen molar-refractivity contribution in [3.05, 3.63) is 35.9 Å². The molecule has 1 aromatic rings. The molecular formula is C29H47N9O8. The molecule has 0 spiro atoms. The van der Waals surface area contributed by atoms with Crippen molar-refractivity contribution in [3.8, 4) is 0 Å². The maximum atomic E-state index is 13.3. The first kappa shape index (κ1) is 38.0. The van der Waals surface area contributed by atoms with Gasteiger partial charge in [-0.3, -0.25) is 34.1 Å². The summed E-state index contributed by atoms with van der Waals surface area (Å²) in [6.07, 6.45) is 1.21. The molecule has 1 heterocycles. The van der Waals surface area contributed by atoms with Gasteiger partial charge < -0.3 is 53.6 Å². The van der Waals surface area contributed by atoms with Gasteiger partial charge in [0.25, 0.3) is 0 Å². The molecule has 1 aliphatic rings. The summed E-state index contributed by atoms with van der Waals surface area (Å²) in [6, 6.07) is 2.08. The minimum atomic E-state index is -1.49. The van der Waals surface area contributed by atoms with Gasteiger partial charge in [-0.05, 0) is 58.2 Å². The Hall–Kier alpha value is -4.16. The third-order valence-electron chi connectivity index (χ3n) is 7.27. The van der Waals surface area contributed by atoms with E-state index in [9.17, 15) is 33.9 Å². The van der Waals surface area contributed by atoms with Crippen molar-refractivity contribution >= 4 is 35.5 Å². The Morgan fingerprint density at radius 2 is 1.46 bits per heavy atom. The molecule has 17 nitrogen and oxygen atoms in total. The smallest absolute Gasteiger partial charge is 0.325 e. The normalized spacial score (nSPS) is 17.6. The number of hydrogen-bond donors (Lipinski definition) is 11. The van der Waals surface area contributed by atoms with Crippen LogP contribution < -0.4 is 48.7 Å². The Kier molecular flexibility index (Phi) is 16.0. The number of aliphatic hydroxyl groups excluding tert-OH is 1. The Labute approximate surface area is 267 Å². The maximum Gasteiger partial charge on any atom is 0.325 e. The fourth-order valence-corrected chi connectivity index (χ4v) is 4.60. The lowest BCUT2D eigenvalue weighted by molar-refractivity contribution is -0.141. The van der Waals surface area contributed by atoms with E-state index in [2.05, 4.69) is 37.2 Å². The number of carboxylic acid groups (broad SMARTS) is 1. The molecule has 1 aromatic carbocycles.